The second-order valence-electron chi connectivity index (χ2n) is 4.15. The van der Waals surface area contributed by atoms with Gasteiger partial charge in [0.05, 0.1) is 17.8 Å². The number of halogens is 1. The van der Waals surface area contributed by atoms with Gasteiger partial charge < -0.3 is 9.80 Å². The molecule has 1 saturated heterocycles. The summed E-state index contributed by atoms with van der Waals surface area (Å²) in [5.74, 6) is 1.38. The van der Waals surface area contributed by atoms with Crippen molar-refractivity contribution in [3.05, 3.63) is 18.1 Å². The molecule has 0 saturated carbocycles. The van der Waals surface area contributed by atoms with Crippen molar-refractivity contribution >= 4 is 17.4 Å². The lowest BCUT2D eigenvalue weighted by Gasteiger charge is -2.21. The number of nitrogens with zero attached hydrogens (tertiary/aromatic N) is 4. The third-order valence-corrected chi connectivity index (χ3v) is 3.13. The van der Waals surface area contributed by atoms with Crippen LogP contribution in [0.2, 0.25) is 0 Å². The number of hydrogen-bond acceptors (Lipinski definition) is 4. The molecule has 1 aliphatic heterocycles. The number of hydrogen-bond donors (Lipinski definition) is 0. The van der Waals surface area contributed by atoms with E-state index in [2.05, 4.69) is 26.8 Å². The standard InChI is InChI=1S/C11H17ClN4/c1-15-3-2-4-16(6-5-15)11-9-13-8-10(7-12)14-11/h8-9H,2-7H2,1H3. The van der Waals surface area contributed by atoms with Crippen LogP contribution in [0.4, 0.5) is 5.82 Å². The zero-order valence-electron chi connectivity index (χ0n) is 9.56. The molecule has 0 bridgehead atoms. The number of likely N-dealkylation sites (N-methyl/N-ethyl adjacent to an activating group) is 1. The Morgan fingerprint density at radius 1 is 1.25 bits per heavy atom. The van der Waals surface area contributed by atoms with Crippen LogP contribution in [0.3, 0.4) is 0 Å². The summed E-state index contributed by atoms with van der Waals surface area (Å²) in [5.41, 5.74) is 0.844. The van der Waals surface area contributed by atoms with E-state index in [1.807, 2.05) is 6.20 Å². The third-order valence-electron chi connectivity index (χ3n) is 2.85. The summed E-state index contributed by atoms with van der Waals surface area (Å²) in [6.45, 7) is 4.29. The second-order valence-corrected chi connectivity index (χ2v) is 4.41. The number of rotatable bonds is 2. The van der Waals surface area contributed by atoms with Crippen molar-refractivity contribution in [3.63, 3.8) is 0 Å². The van der Waals surface area contributed by atoms with Crippen LogP contribution < -0.4 is 4.90 Å². The van der Waals surface area contributed by atoms with Gasteiger partial charge in [0.25, 0.3) is 0 Å². The number of aromatic nitrogens is 2. The highest BCUT2D eigenvalue weighted by atomic mass is 35.5. The minimum absolute atomic E-state index is 0.425. The molecule has 4 nitrogen and oxygen atoms in total. The molecule has 0 amide bonds. The van der Waals surface area contributed by atoms with Gasteiger partial charge in [-0.15, -0.1) is 11.6 Å². The van der Waals surface area contributed by atoms with E-state index in [0.29, 0.717) is 5.88 Å². The van der Waals surface area contributed by atoms with E-state index >= 15 is 0 Å². The van der Waals surface area contributed by atoms with Crippen molar-refractivity contribution < 1.29 is 0 Å². The van der Waals surface area contributed by atoms with Gasteiger partial charge >= 0.3 is 0 Å². The van der Waals surface area contributed by atoms with Crippen molar-refractivity contribution in [1.29, 1.82) is 0 Å². The van der Waals surface area contributed by atoms with Gasteiger partial charge in [0, 0.05) is 25.8 Å². The summed E-state index contributed by atoms with van der Waals surface area (Å²) < 4.78 is 0. The molecule has 0 aliphatic carbocycles. The van der Waals surface area contributed by atoms with E-state index in [1.54, 1.807) is 6.20 Å². The summed E-state index contributed by atoms with van der Waals surface area (Å²) in [5, 5.41) is 0. The van der Waals surface area contributed by atoms with Crippen molar-refractivity contribution in [2.45, 2.75) is 12.3 Å². The van der Waals surface area contributed by atoms with Crippen molar-refractivity contribution in [2.75, 3.05) is 38.1 Å². The first-order valence-corrected chi connectivity index (χ1v) is 6.13. The molecule has 2 heterocycles. The summed E-state index contributed by atoms with van der Waals surface area (Å²) in [7, 11) is 2.16. The van der Waals surface area contributed by atoms with Crippen LogP contribution in [-0.2, 0) is 5.88 Å². The van der Waals surface area contributed by atoms with Gasteiger partial charge in [0.1, 0.15) is 5.82 Å². The van der Waals surface area contributed by atoms with Gasteiger partial charge in [-0.1, -0.05) is 0 Å². The van der Waals surface area contributed by atoms with Crippen LogP contribution in [0.15, 0.2) is 12.4 Å². The van der Waals surface area contributed by atoms with Crippen LogP contribution in [0.5, 0.6) is 0 Å². The molecular weight excluding hydrogens is 224 g/mol. The topological polar surface area (TPSA) is 32.3 Å². The SMILES string of the molecule is CN1CCCN(c2cncc(CCl)n2)CC1. The Balaban J connectivity index is 2.10. The fourth-order valence-electron chi connectivity index (χ4n) is 1.89. The molecule has 88 valence electrons. The van der Waals surface area contributed by atoms with Crippen LogP contribution in [-0.4, -0.2) is 48.1 Å². The Bertz CT molecular complexity index is 345. The zero-order valence-corrected chi connectivity index (χ0v) is 10.3. The quantitative estimate of drug-likeness (QED) is 0.731. The van der Waals surface area contributed by atoms with Gasteiger partial charge in [0.2, 0.25) is 0 Å². The molecule has 5 heteroatoms. The summed E-state index contributed by atoms with van der Waals surface area (Å²) in [6, 6.07) is 0. The molecule has 1 aromatic heterocycles. The van der Waals surface area contributed by atoms with Gasteiger partial charge in [-0.25, -0.2) is 4.98 Å². The molecule has 16 heavy (non-hydrogen) atoms. The summed E-state index contributed by atoms with van der Waals surface area (Å²) >= 11 is 5.76. The van der Waals surface area contributed by atoms with E-state index in [1.165, 1.54) is 6.42 Å². The smallest absolute Gasteiger partial charge is 0.147 e. The van der Waals surface area contributed by atoms with Gasteiger partial charge in [-0.2, -0.15) is 0 Å². The lowest BCUT2D eigenvalue weighted by Crippen LogP contribution is -2.29. The third kappa shape index (κ3) is 2.83. The molecule has 0 atom stereocenters. The van der Waals surface area contributed by atoms with E-state index in [9.17, 15) is 0 Å². The minimum atomic E-state index is 0.425. The van der Waals surface area contributed by atoms with Crippen LogP contribution in [0, 0.1) is 0 Å². The average molecular weight is 241 g/mol. The summed E-state index contributed by atoms with van der Waals surface area (Å²) in [6.07, 6.45) is 4.71. The Morgan fingerprint density at radius 2 is 2.12 bits per heavy atom. The first-order valence-electron chi connectivity index (χ1n) is 5.60. The Labute approximate surface area is 101 Å². The molecule has 0 aromatic carbocycles. The van der Waals surface area contributed by atoms with Crippen LogP contribution in [0.25, 0.3) is 0 Å². The highest BCUT2D eigenvalue weighted by molar-refractivity contribution is 6.16. The summed E-state index contributed by atoms with van der Waals surface area (Å²) in [4.78, 5) is 13.3. The monoisotopic (exact) mass is 240 g/mol. The van der Waals surface area contributed by atoms with E-state index in [4.69, 9.17) is 11.6 Å². The molecule has 1 aromatic rings. The molecular formula is C11H17ClN4. The lowest BCUT2D eigenvalue weighted by molar-refractivity contribution is 0.360. The molecule has 0 N–H and O–H groups in total. The average Bonchev–Trinajstić information content (AvgIpc) is 2.54. The minimum Gasteiger partial charge on any atom is -0.354 e. The largest absolute Gasteiger partial charge is 0.354 e. The maximum Gasteiger partial charge on any atom is 0.147 e. The molecule has 0 spiro atoms. The Kier molecular flexibility index (Phi) is 3.96. The maximum absolute atomic E-state index is 5.76. The predicted octanol–water partition coefficient (Wildman–Crippen LogP) is 1.36. The van der Waals surface area contributed by atoms with Gasteiger partial charge in [-0.3, -0.25) is 4.98 Å². The number of alkyl halides is 1. The number of anilines is 1. The first-order chi connectivity index (χ1) is 7.79. The maximum atomic E-state index is 5.76. The Morgan fingerprint density at radius 3 is 2.94 bits per heavy atom. The Hall–Kier alpha value is -0.870. The highest BCUT2D eigenvalue weighted by Crippen LogP contribution is 2.13. The van der Waals surface area contributed by atoms with Crippen molar-refractivity contribution in [1.82, 2.24) is 14.9 Å². The van der Waals surface area contributed by atoms with E-state index in [0.717, 1.165) is 37.7 Å². The fourth-order valence-corrected chi connectivity index (χ4v) is 2.02. The predicted molar refractivity (Wildman–Crippen MR) is 65.9 cm³/mol. The molecule has 0 unspecified atom stereocenters. The van der Waals surface area contributed by atoms with Crippen molar-refractivity contribution in [3.8, 4) is 0 Å². The lowest BCUT2D eigenvalue weighted by atomic mass is 10.4. The van der Waals surface area contributed by atoms with Gasteiger partial charge in [0.15, 0.2) is 0 Å². The van der Waals surface area contributed by atoms with Gasteiger partial charge in [-0.05, 0) is 20.0 Å². The highest BCUT2D eigenvalue weighted by Gasteiger charge is 2.13. The first kappa shape index (κ1) is 11.6. The fraction of sp³-hybridized carbons (Fsp3) is 0.636. The molecule has 1 aliphatic rings. The molecule has 2 rings (SSSR count). The second kappa shape index (κ2) is 5.46. The molecule has 0 radical (unpaired) electrons. The van der Waals surface area contributed by atoms with Crippen LogP contribution in [0.1, 0.15) is 12.1 Å². The van der Waals surface area contributed by atoms with E-state index < -0.39 is 0 Å². The van der Waals surface area contributed by atoms with Crippen LogP contribution >= 0.6 is 11.6 Å². The zero-order chi connectivity index (χ0) is 11.4. The molecule has 1 fully saturated rings. The van der Waals surface area contributed by atoms with E-state index in [-0.39, 0.29) is 0 Å². The van der Waals surface area contributed by atoms with Crippen molar-refractivity contribution in [2.24, 2.45) is 0 Å². The normalized spacial score (nSPS) is 18.5.